The maximum atomic E-state index is 14.3. The Morgan fingerprint density at radius 1 is 1.15 bits per heavy atom. The van der Waals surface area contributed by atoms with Crippen molar-refractivity contribution in [2.45, 2.75) is 45.4 Å². The fourth-order valence-electron chi connectivity index (χ4n) is 2.44. The van der Waals surface area contributed by atoms with Crippen LogP contribution in [0.3, 0.4) is 0 Å². The highest BCUT2D eigenvalue weighted by atomic mass is 19.1. The highest BCUT2D eigenvalue weighted by molar-refractivity contribution is 5.68. The number of hydrogen-bond acceptors (Lipinski definition) is 4. The van der Waals surface area contributed by atoms with Crippen LogP contribution in [0, 0.1) is 5.82 Å². The Hall–Kier alpha value is -2.60. The molecule has 0 bridgehead atoms. The van der Waals surface area contributed by atoms with Crippen molar-refractivity contribution >= 4 is 6.09 Å². The minimum Gasteiger partial charge on any atom is -0.486 e. The van der Waals surface area contributed by atoms with Crippen LogP contribution in [0.25, 0.3) is 0 Å². The lowest BCUT2D eigenvalue weighted by Gasteiger charge is -2.23. The van der Waals surface area contributed by atoms with Crippen LogP contribution in [0.4, 0.5) is 9.18 Å². The molecule has 0 saturated heterocycles. The third-order valence-corrected chi connectivity index (χ3v) is 3.66. The molecule has 6 heteroatoms. The highest BCUT2D eigenvalue weighted by Gasteiger charge is 2.19. The Bertz CT molecular complexity index is 744. The third-order valence-electron chi connectivity index (χ3n) is 3.66. The molecule has 0 aliphatic carbocycles. The summed E-state index contributed by atoms with van der Waals surface area (Å²) in [6, 6.07) is 13.5. The summed E-state index contributed by atoms with van der Waals surface area (Å²) >= 11 is 0. The van der Waals surface area contributed by atoms with E-state index in [0.29, 0.717) is 5.56 Å². The number of alkyl carbamates (subject to hydrolysis) is 1. The van der Waals surface area contributed by atoms with Crippen molar-refractivity contribution < 1.29 is 23.8 Å². The van der Waals surface area contributed by atoms with Gasteiger partial charge in [-0.3, -0.25) is 0 Å². The van der Waals surface area contributed by atoms with E-state index in [-0.39, 0.29) is 25.4 Å². The topological polar surface area (TPSA) is 67.8 Å². The van der Waals surface area contributed by atoms with Crippen molar-refractivity contribution in [3.63, 3.8) is 0 Å². The van der Waals surface area contributed by atoms with Crippen LogP contribution in [0.2, 0.25) is 0 Å². The van der Waals surface area contributed by atoms with E-state index in [1.54, 1.807) is 32.9 Å². The normalized spacial score (nSPS) is 12.3. The fraction of sp³-hybridized carbons (Fsp3) is 0.381. The van der Waals surface area contributed by atoms with Crippen LogP contribution in [-0.2, 0) is 17.8 Å². The number of carbonyl (C=O) groups is 1. The van der Waals surface area contributed by atoms with E-state index in [1.807, 2.05) is 30.3 Å². The lowest BCUT2D eigenvalue weighted by Crippen LogP contribution is -2.42. The monoisotopic (exact) mass is 375 g/mol. The fourth-order valence-corrected chi connectivity index (χ4v) is 2.44. The summed E-state index contributed by atoms with van der Waals surface area (Å²) < 4.78 is 25.0. The van der Waals surface area contributed by atoms with E-state index in [0.717, 1.165) is 5.56 Å². The molecule has 0 unspecified atom stereocenters. The zero-order valence-electron chi connectivity index (χ0n) is 15.9. The van der Waals surface area contributed by atoms with Crippen molar-refractivity contribution in [1.82, 2.24) is 5.32 Å². The van der Waals surface area contributed by atoms with E-state index >= 15 is 0 Å². The first-order valence-corrected chi connectivity index (χ1v) is 8.82. The van der Waals surface area contributed by atoms with Gasteiger partial charge < -0.3 is 19.9 Å². The molecule has 2 rings (SSSR count). The van der Waals surface area contributed by atoms with Gasteiger partial charge in [0, 0.05) is 0 Å². The van der Waals surface area contributed by atoms with Crippen molar-refractivity contribution in [3.05, 3.63) is 65.5 Å². The first kappa shape index (κ1) is 20.7. The second-order valence-electron chi connectivity index (χ2n) is 7.27. The van der Waals surface area contributed by atoms with Gasteiger partial charge in [0.15, 0.2) is 11.6 Å². The largest absolute Gasteiger partial charge is 0.486 e. The lowest BCUT2D eigenvalue weighted by molar-refractivity contribution is 0.0483. The van der Waals surface area contributed by atoms with Crippen molar-refractivity contribution in [2.24, 2.45) is 0 Å². The van der Waals surface area contributed by atoms with Gasteiger partial charge in [-0.25, -0.2) is 9.18 Å². The minimum atomic E-state index is -0.631. The molecule has 2 aromatic rings. The van der Waals surface area contributed by atoms with Gasteiger partial charge in [-0.1, -0.05) is 36.4 Å². The van der Waals surface area contributed by atoms with Gasteiger partial charge >= 0.3 is 6.09 Å². The summed E-state index contributed by atoms with van der Waals surface area (Å²) in [6.45, 7) is 5.25. The van der Waals surface area contributed by atoms with Gasteiger partial charge in [0.2, 0.25) is 0 Å². The van der Waals surface area contributed by atoms with E-state index in [4.69, 9.17) is 9.47 Å². The molecule has 2 aromatic carbocycles. The molecule has 0 spiro atoms. The number of rotatable bonds is 7. The Balaban J connectivity index is 1.94. The number of carbonyl (C=O) groups excluding carboxylic acids is 1. The highest BCUT2D eigenvalue weighted by Crippen LogP contribution is 2.20. The Labute approximate surface area is 159 Å². The number of amides is 1. The molecule has 0 aromatic heterocycles. The SMILES string of the molecule is CC(C)(C)OC(=O)N[C@H](CO)Cc1ccc(OCc2ccccc2)c(F)c1. The third kappa shape index (κ3) is 7.27. The molecule has 146 valence electrons. The quantitative estimate of drug-likeness (QED) is 0.772. The van der Waals surface area contributed by atoms with E-state index in [1.165, 1.54) is 6.07 Å². The first-order chi connectivity index (χ1) is 12.8. The number of aliphatic hydroxyl groups excluding tert-OH is 1. The first-order valence-electron chi connectivity index (χ1n) is 8.82. The Morgan fingerprint density at radius 2 is 1.85 bits per heavy atom. The minimum absolute atomic E-state index is 0.156. The van der Waals surface area contributed by atoms with Crippen molar-refractivity contribution in [2.75, 3.05) is 6.61 Å². The average Bonchev–Trinajstić information content (AvgIpc) is 2.59. The molecule has 27 heavy (non-hydrogen) atoms. The van der Waals surface area contributed by atoms with Gasteiger partial charge in [0.1, 0.15) is 12.2 Å². The second-order valence-corrected chi connectivity index (χ2v) is 7.27. The second kappa shape index (κ2) is 9.37. The number of ether oxygens (including phenoxy) is 2. The summed E-state index contributed by atoms with van der Waals surface area (Å²) in [5, 5.41) is 12.1. The number of aliphatic hydroxyl groups is 1. The Morgan fingerprint density at radius 3 is 2.44 bits per heavy atom. The maximum Gasteiger partial charge on any atom is 0.407 e. The molecule has 0 heterocycles. The van der Waals surface area contributed by atoms with Gasteiger partial charge in [-0.15, -0.1) is 0 Å². The van der Waals surface area contributed by atoms with Crippen LogP contribution < -0.4 is 10.1 Å². The number of benzene rings is 2. The summed E-state index contributed by atoms with van der Waals surface area (Å²) in [7, 11) is 0. The molecular weight excluding hydrogens is 349 g/mol. The van der Waals surface area contributed by atoms with Gasteiger partial charge in [0.25, 0.3) is 0 Å². The van der Waals surface area contributed by atoms with E-state index in [9.17, 15) is 14.3 Å². The molecule has 2 N–H and O–H groups in total. The van der Waals surface area contributed by atoms with Crippen molar-refractivity contribution in [1.29, 1.82) is 0 Å². The molecule has 0 radical (unpaired) electrons. The molecule has 5 nitrogen and oxygen atoms in total. The lowest BCUT2D eigenvalue weighted by atomic mass is 10.1. The standard InChI is InChI=1S/C21H26FNO4/c1-21(2,3)27-20(25)23-17(13-24)11-16-9-10-19(18(22)12-16)26-14-15-7-5-4-6-8-15/h4-10,12,17,24H,11,13-14H2,1-3H3,(H,23,25)/t17-/m0/s1. The Kier molecular flexibility index (Phi) is 7.19. The molecule has 0 aliphatic heterocycles. The van der Waals surface area contributed by atoms with Crippen LogP contribution in [0.15, 0.2) is 48.5 Å². The summed E-state index contributed by atoms with van der Waals surface area (Å²) in [4.78, 5) is 11.8. The summed E-state index contributed by atoms with van der Waals surface area (Å²) in [5.41, 5.74) is 0.950. The molecule has 0 aliphatic rings. The van der Waals surface area contributed by atoms with Crippen LogP contribution in [0.1, 0.15) is 31.9 Å². The van der Waals surface area contributed by atoms with Crippen LogP contribution in [0.5, 0.6) is 5.75 Å². The molecule has 0 saturated carbocycles. The molecular formula is C21H26FNO4. The van der Waals surface area contributed by atoms with Crippen molar-refractivity contribution in [3.8, 4) is 5.75 Å². The maximum absolute atomic E-state index is 14.3. The van der Waals surface area contributed by atoms with Crippen LogP contribution in [-0.4, -0.2) is 29.4 Å². The van der Waals surface area contributed by atoms with E-state index < -0.39 is 23.6 Å². The van der Waals surface area contributed by atoms with E-state index in [2.05, 4.69) is 5.32 Å². The predicted octanol–water partition coefficient (Wildman–Crippen LogP) is 3.83. The smallest absolute Gasteiger partial charge is 0.407 e. The summed E-state index contributed by atoms with van der Waals surface area (Å²) in [5.74, 6) is -0.333. The van der Waals surface area contributed by atoms with Gasteiger partial charge in [-0.2, -0.15) is 0 Å². The number of halogens is 1. The average molecular weight is 375 g/mol. The number of nitrogens with one attached hydrogen (secondary N) is 1. The van der Waals surface area contributed by atoms with Gasteiger partial charge in [0.05, 0.1) is 12.6 Å². The van der Waals surface area contributed by atoms with Crippen LogP contribution >= 0.6 is 0 Å². The predicted molar refractivity (Wildman–Crippen MR) is 101 cm³/mol. The summed E-state index contributed by atoms with van der Waals surface area (Å²) in [6.07, 6.45) is -0.351. The van der Waals surface area contributed by atoms with Gasteiger partial charge in [-0.05, 0) is 50.5 Å². The molecule has 0 fully saturated rings. The zero-order chi connectivity index (χ0) is 19.9. The molecule has 1 amide bonds. The zero-order valence-corrected chi connectivity index (χ0v) is 15.9. The number of hydrogen-bond donors (Lipinski definition) is 2. The molecule has 1 atom stereocenters.